The van der Waals surface area contributed by atoms with Gasteiger partial charge >= 0.3 is 0 Å². The molecular formula is C11H20O2. The summed E-state index contributed by atoms with van der Waals surface area (Å²) in [5, 5.41) is 8.97. The van der Waals surface area contributed by atoms with E-state index in [1.165, 1.54) is 19.3 Å². The summed E-state index contributed by atoms with van der Waals surface area (Å²) in [4.78, 5) is 0. The molecule has 2 aliphatic rings. The first-order valence-electron chi connectivity index (χ1n) is 5.44. The molecule has 0 amide bonds. The first kappa shape index (κ1) is 9.47. The van der Waals surface area contributed by atoms with Gasteiger partial charge in [-0.1, -0.05) is 13.8 Å². The Morgan fingerprint density at radius 3 is 2.62 bits per heavy atom. The van der Waals surface area contributed by atoms with E-state index >= 15 is 0 Å². The highest BCUT2D eigenvalue weighted by molar-refractivity contribution is 5.00. The van der Waals surface area contributed by atoms with Crippen LogP contribution in [0, 0.1) is 11.8 Å². The maximum absolute atomic E-state index is 8.97. The van der Waals surface area contributed by atoms with E-state index in [4.69, 9.17) is 9.84 Å². The summed E-state index contributed by atoms with van der Waals surface area (Å²) in [7, 11) is 0. The molecule has 2 heteroatoms. The van der Waals surface area contributed by atoms with E-state index in [-0.39, 0.29) is 18.3 Å². The van der Waals surface area contributed by atoms with Crippen LogP contribution in [0.3, 0.4) is 0 Å². The van der Waals surface area contributed by atoms with Crippen LogP contribution < -0.4 is 0 Å². The van der Waals surface area contributed by atoms with Crippen LogP contribution >= 0.6 is 0 Å². The highest BCUT2D eigenvalue weighted by Crippen LogP contribution is 2.51. The zero-order valence-electron chi connectivity index (χ0n) is 8.62. The van der Waals surface area contributed by atoms with Gasteiger partial charge in [0.15, 0.2) is 0 Å². The topological polar surface area (TPSA) is 29.5 Å². The van der Waals surface area contributed by atoms with Crippen molar-refractivity contribution in [3.63, 3.8) is 0 Å². The average molecular weight is 184 g/mol. The van der Waals surface area contributed by atoms with Crippen molar-refractivity contribution < 1.29 is 9.84 Å². The highest BCUT2D eigenvalue weighted by Gasteiger charge is 2.50. The summed E-state index contributed by atoms with van der Waals surface area (Å²) in [5.74, 6) is 1.65. The minimum Gasteiger partial charge on any atom is -0.394 e. The van der Waals surface area contributed by atoms with Crippen LogP contribution in [0.2, 0.25) is 0 Å². The molecule has 1 spiro atoms. The number of rotatable bonds is 2. The molecule has 0 aromatic carbocycles. The Bertz CT molecular complexity index is 183. The molecule has 2 nitrogen and oxygen atoms in total. The second kappa shape index (κ2) is 3.25. The molecule has 2 rings (SSSR count). The van der Waals surface area contributed by atoms with Crippen LogP contribution in [0.1, 0.15) is 39.5 Å². The third-order valence-corrected chi connectivity index (χ3v) is 3.75. The van der Waals surface area contributed by atoms with Gasteiger partial charge < -0.3 is 9.84 Å². The van der Waals surface area contributed by atoms with Gasteiger partial charge in [0, 0.05) is 0 Å². The van der Waals surface area contributed by atoms with E-state index in [2.05, 4.69) is 13.8 Å². The summed E-state index contributed by atoms with van der Waals surface area (Å²) in [6, 6.07) is 0. The molecule has 1 atom stereocenters. The van der Waals surface area contributed by atoms with Gasteiger partial charge in [0.1, 0.15) is 0 Å². The van der Waals surface area contributed by atoms with Crippen LogP contribution in [-0.4, -0.2) is 23.4 Å². The van der Waals surface area contributed by atoms with Gasteiger partial charge in [-0.25, -0.2) is 0 Å². The molecule has 1 saturated heterocycles. The van der Waals surface area contributed by atoms with E-state index < -0.39 is 0 Å². The standard InChI is InChI=1S/C11H20O2/c1-8(2)9-5-11(6-9)4-3-10(7-12)13-11/h8-10,12H,3-7H2,1-2H3. The third-order valence-electron chi connectivity index (χ3n) is 3.75. The highest BCUT2D eigenvalue weighted by atomic mass is 16.5. The van der Waals surface area contributed by atoms with Gasteiger partial charge in [-0.3, -0.25) is 0 Å². The summed E-state index contributed by atoms with van der Waals surface area (Å²) in [6.07, 6.45) is 4.80. The van der Waals surface area contributed by atoms with Crippen LogP contribution in [0.4, 0.5) is 0 Å². The van der Waals surface area contributed by atoms with Gasteiger partial charge in [-0.15, -0.1) is 0 Å². The number of aliphatic hydroxyl groups is 1. The third kappa shape index (κ3) is 1.62. The average Bonchev–Trinajstić information content (AvgIpc) is 2.44. The molecule has 1 N–H and O–H groups in total. The quantitative estimate of drug-likeness (QED) is 0.711. The zero-order valence-corrected chi connectivity index (χ0v) is 8.62. The Hall–Kier alpha value is -0.0800. The van der Waals surface area contributed by atoms with Crippen molar-refractivity contribution in [1.82, 2.24) is 0 Å². The summed E-state index contributed by atoms with van der Waals surface area (Å²) in [5.41, 5.74) is 0.183. The number of hydrogen-bond donors (Lipinski definition) is 1. The molecule has 0 bridgehead atoms. The second-order valence-electron chi connectivity index (χ2n) is 5.06. The van der Waals surface area contributed by atoms with Crippen molar-refractivity contribution in [3.8, 4) is 0 Å². The van der Waals surface area contributed by atoms with Crippen molar-refractivity contribution in [2.45, 2.75) is 51.2 Å². The fraction of sp³-hybridized carbons (Fsp3) is 1.00. The molecule has 13 heavy (non-hydrogen) atoms. The summed E-state index contributed by atoms with van der Waals surface area (Å²) < 4.78 is 5.86. The van der Waals surface area contributed by atoms with Crippen LogP contribution in [0.5, 0.6) is 0 Å². The molecule has 1 aliphatic carbocycles. The van der Waals surface area contributed by atoms with Gasteiger partial charge in [0.05, 0.1) is 18.3 Å². The lowest BCUT2D eigenvalue weighted by molar-refractivity contribution is -0.136. The van der Waals surface area contributed by atoms with Crippen LogP contribution in [0.25, 0.3) is 0 Å². The Morgan fingerprint density at radius 1 is 1.46 bits per heavy atom. The van der Waals surface area contributed by atoms with E-state index in [1.807, 2.05) is 0 Å². The van der Waals surface area contributed by atoms with Crippen molar-refractivity contribution in [2.24, 2.45) is 11.8 Å². The van der Waals surface area contributed by atoms with E-state index in [9.17, 15) is 0 Å². The van der Waals surface area contributed by atoms with Crippen LogP contribution in [0.15, 0.2) is 0 Å². The second-order valence-corrected chi connectivity index (χ2v) is 5.06. The van der Waals surface area contributed by atoms with Crippen molar-refractivity contribution in [2.75, 3.05) is 6.61 Å². The maximum Gasteiger partial charge on any atom is 0.0814 e. The first-order valence-corrected chi connectivity index (χ1v) is 5.44. The van der Waals surface area contributed by atoms with Gasteiger partial charge in [0.2, 0.25) is 0 Å². The Labute approximate surface area is 80.3 Å². The Morgan fingerprint density at radius 2 is 2.15 bits per heavy atom. The molecule has 1 saturated carbocycles. The largest absolute Gasteiger partial charge is 0.394 e. The summed E-state index contributed by atoms with van der Waals surface area (Å²) >= 11 is 0. The molecule has 1 heterocycles. The lowest BCUT2D eigenvalue weighted by Gasteiger charge is -2.46. The van der Waals surface area contributed by atoms with E-state index in [0.717, 1.165) is 18.3 Å². The van der Waals surface area contributed by atoms with E-state index in [0.29, 0.717) is 0 Å². The van der Waals surface area contributed by atoms with Gasteiger partial charge in [-0.2, -0.15) is 0 Å². The fourth-order valence-electron chi connectivity index (χ4n) is 2.69. The number of hydrogen-bond acceptors (Lipinski definition) is 2. The minimum absolute atomic E-state index is 0.133. The van der Waals surface area contributed by atoms with Crippen molar-refractivity contribution in [3.05, 3.63) is 0 Å². The molecular weight excluding hydrogens is 164 g/mol. The lowest BCUT2D eigenvalue weighted by atomic mass is 9.65. The molecule has 1 unspecified atom stereocenters. The fourth-order valence-corrected chi connectivity index (χ4v) is 2.69. The molecule has 1 aliphatic heterocycles. The molecule has 76 valence electrons. The Kier molecular flexibility index (Phi) is 2.37. The van der Waals surface area contributed by atoms with Crippen molar-refractivity contribution >= 4 is 0 Å². The van der Waals surface area contributed by atoms with E-state index in [1.54, 1.807) is 0 Å². The lowest BCUT2D eigenvalue weighted by Crippen LogP contribution is -2.46. The zero-order chi connectivity index (χ0) is 9.47. The van der Waals surface area contributed by atoms with Gasteiger partial charge in [0.25, 0.3) is 0 Å². The first-order chi connectivity index (χ1) is 6.15. The number of aliphatic hydroxyl groups excluding tert-OH is 1. The predicted octanol–water partition coefficient (Wildman–Crippen LogP) is 1.96. The van der Waals surface area contributed by atoms with Crippen LogP contribution in [-0.2, 0) is 4.74 Å². The van der Waals surface area contributed by atoms with Crippen molar-refractivity contribution in [1.29, 1.82) is 0 Å². The molecule has 0 radical (unpaired) electrons. The maximum atomic E-state index is 8.97. The molecule has 2 fully saturated rings. The smallest absolute Gasteiger partial charge is 0.0814 e. The Balaban J connectivity index is 1.84. The monoisotopic (exact) mass is 184 g/mol. The SMILES string of the molecule is CC(C)C1CC2(CCC(CO)O2)C1. The predicted molar refractivity (Wildman–Crippen MR) is 51.5 cm³/mol. The number of ether oxygens (including phenoxy) is 1. The summed E-state index contributed by atoms with van der Waals surface area (Å²) in [6.45, 7) is 4.78. The molecule has 0 aromatic heterocycles. The molecule has 0 aromatic rings. The minimum atomic E-state index is 0.133. The van der Waals surface area contributed by atoms with Gasteiger partial charge in [-0.05, 0) is 37.5 Å². The normalized spacial score (nSPS) is 44.3.